The lowest BCUT2D eigenvalue weighted by atomic mass is 10.3. The number of rotatable bonds is 4. The summed E-state index contributed by atoms with van der Waals surface area (Å²) in [5.74, 6) is 0.422. The Labute approximate surface area is 138 Å². The zero-order chi connectivity index (χ0) is 16.2. The second-order valence-corrected chi connectivity index (χ2v) is 6.09. The molecule has 0 atom stereocenters. The lowest BCUT2D eigenvalue weighted by Crippen LogP contribution is -2.12. The van der Waals surface area contributed by atoms with E-state index in [1.807, 2.05) is 55.6 Å². The standard InChI is InChI=1S/C17H16N4OS/c1-12-10-16(21(20-12)15-6-4-3-5-7-15)19-17(22)9-8-14-11-23-13(2)18-14/h3-11H,1-2H3,(H,19,22)/b9-8+. The van der Waals surface area contributed by atoms with Crippen LogP contribution in [0.5, 0.6) is 0 Å². The largest absolute Gasteiger partial charge is 0.307 e. The molecule has 0 bridgehead atoms. The first-order chi connectivity index (χ1) is 11.1. The van der Waals surface area contributed by atoms with Crippen LogP contribution in [0.15, 0.2) is 47.9 Å². The molecule has 2 aromatic heterocycles. The number of nitrogens with zero attached hydrogens (tertiary/aromatic N) is 3. The highest BCUT2D eigenvalue weighted by Gasteiger charge is 2.09. The van der Waals surface area contributed by atoms with E-state index in [2.05, 4.69) is 15.4 Å². The number of para-hydroxylation sites is 1. The summed E-state index contributed by atoms with van der Waals surface area (Å²) in [5.41, 5.74) is 2.52. The molecule has 3 aromatic rings. The molecule has 0 fully saturated rings. The molecule has 116 valence electrons. The van der Waals surface area contributed by atoms with E-state index < -0.39 is 0 Å². The van der Waals surface area contributed by atoms with E-state index in [-0.39, 0.29) is 5.91 Å². The van der Waals surface area contributed by atoms with Crippen LogP contribution in [0, 0.1) is 13.8 Å². The molecule has 1 aromatic carbocycles. The maximum atomic E-state index is 12.1. The molecule has 0 saturated heterocycles. The molecule has 3 rings (SSSR count). The Kier molecular flexibility index (Phi) is 4.34. The third-order valence-electron chi connectivity index (χ3n) is 3.13. The van der Waals surface area contributed by atoms with E-state index in [9.17, 15) is 4.79 Å². The molecule has 0 radical (unpaired) electrons. The number of carbonyl (C=O) groups is 1. The van der Waals surface area contributed by atoms with Crippen LogP contribution in [0.2, 0.25) is 0 Å². The number of thiazole rings is 1. The topological polar surface area (TPSA) is 59.8 Å². The minimum Gasteiger partial charge on any atom is -0.307 e. The van der Waals surface area contributed by atoms with Crippen molar-refractivity contribution in [2.75, 3.05) is 5.32 Å². The maximum Gasteiger partial charge on any atom is 0.249 e. The van der Waals surface area contributed by atoms with Gasteiger partial charge in [-0.1, -0.05) is 18.2 Å². The van der Waals surface area contributed by atoms with Gasteiger partial charge in [-0.3, -0.25) is 4.79 Å². The Hall–Kier alpha value is -2.73. The van der Waals surface area contributed by atoms with Crippen LogP contribution in [-0.2, 0) is 4.79 Å². The van der Waals surface area contributed by atoms with Crippen molar-refractivity contribution in [3.8, 4) is 5.69 Å². The van der Waals surface area contributed by atoms with Crippen LogP contribution >= 0.6 is 11.3 Å². The summed E-state index contributed by atoms with van der Waals surface area (Å²) < 4.78 is 1.72. The highest BCUT2D eigenvalue weighted by molar-refractivity contribution is 7.09. The Morgan fingerprint density at radius 1 is 1.26 bits per heavy atom. The van der Waals surface area contributed by atoms with Gasteiger partial charge in [0, 0.05) is 17.5 Å². The fourth-order valence-corrected chi connectivity index (χ4v) is 2.72. The van der Waals surface area contributed by atoms with Crippen LogP contribution in [0.3, 0.4) is 0 Å². The second kappa shape index (κ2) is 6.58. The van der Waals surface area contributed by atoms with Crippen LogP contribution in [0.25, 0.3) is 11.8 Å². The quantitative estimate of drug-likeness (QED) is 0.746. The fraction of sp³-hybridized carbons (Fsp3) is 0.118. The molecule has 5 nitrogen and oxygen atoms in total. The van der Waals surface area contributed by atoms with E-state index in [4.69, 9.17) is 0 Å². The number of aryl methyl sites for hydroxylation is 2. The Morgan fingerprint density at radius 3 is 2.74 bits per heavy atom. The zero-order valence-electron chi connectivity index (χ0n) is 12.9. The third kappa shape index (κ3) is 3.73. The molecule has 1 N–H and O–H groups in total. The zero-order valence-corrected chi connectivity index (χ0v) is 13.7. The first-order valence-electron chi connectivity index (χ1n) is 7.15. The molecule has 1 amide bonds. The number of carbonyl (C=O) groups excluding carboxylic acids is 1. The molecule has 0 aliphatic heterocycles. The molecule has 0 unspecified atom stereocenters. The predicted molar refractivity (Wildman–Crippen MR) is 92.8 cm³/mol. The number of hydrogen-bond donors (Lipinski definition) is 1. The van der Waals surface area contributed by atoms with E-state index in [0.717, 1.165) is 22.1 Å². The van der Waals surface area contributed by atoms with Gasteiger partial charge < -0.3 is 5.32 Å². The van der Waals surface area contributed by atoms with Crippen molar-refractivity contribution in [2.45, 2.75) is 13.8 Å². The van der Waals surface area contributed by atoms with Crippen molar-refractivity contribution >= 4 is 29.1 Å². The van der Waals surface area contributed by atoms with Gasteiger partial charge in [0.2, 0.25) is 5.91 Å². The second-order valence-electron chi connectivity index (χ2n) is 5.03. The summed E-state index contributed by atoms with van der Waals surface area (Å²) in [5, 5.41) is 10.2. The Bertz CT molecular complexity index is 849. The SMILES string of the molecule is Cc1cc(NC(=O)/C=C/c2csc(C)n2)n(-c2ccccc2)n1. The lowest BCUT2D eigenvalue weighted by molar-refractivity contribution is -0.111. The molecule has 0 aliphatic rings. The highest BCUT2D eigenvalue weighted by atomic mass is 32.1. The van der Waals surface area contributed by atoms with Crippen molar-refractivity contribution in [2.24, 2.45) is 0 Å². The van der Waals surface area contributed by atoms with Gasteiger partial charge in [-0.2, -0.15) is 5.10 Å². The van der Waals surface area contributed by atoms with E-state index in [1.165, 1.54) is 6.08 Å². The van der Waals surface area contributed by atoms with Gasteiger partial charge in [0.15, 0.2) is 0 Å². The van der Waals surface area contributed by atoms with Crippen molar-refractivity contribution in [3.63, 3.8) is 0 Å². The van der Waals surface area contributed by atoms with Crippen molar-refractivity contribution in [3.05, 3.63) is 64.2 Å². The van der Waals surface area contributed by atoms with Gasteiger partial charge in [0.1, 0.15) is 5.82 Å². The van der Waals surface area contributed by atoms with Crippen LogP contribution in [-0.4, -0.2) is 20.7 Å². The van der Waals surface area contributed by atoms with E-state index in [0.29, 0.717) is 5.82 Å². The van der Waals surface area contributed by atoms with E-state index >= 15 is 0 Å². The van der Waals surface area contributed by atoms with Crippen molar-refractivity contribution in [1.29, 1.82) is 0 Å². The maximum absolute atomic E-state index is 12.1. The number of hydrogen-bond acceptors (Lipinski definition) is 4. The first-order valence-corrected chi connectivity index (χ1v) is 8.03. The predicted octanol–water partition coefficient (Wildman–Crippen LogP) is 3.60. The number of amides is 1. The van der Waals surface area contributed by atoms with Gasteiger partial charge in [0.25, 0.3) is 0 Å². The number of nitrogens with one attached hydrogen (secondary N) is 1. The van der Waals surface area contributed by atoms with Gasteiger partial charge in [0.05, 0.1) is 22.1 Å². The molecule has 0 saturated carbocycles. The number of anilines is 1. The van der Waals surface area contributed by atoms with Crippen LogP contribution in [0.1, 0.15) is 16.4 Å². The summed E-state index contributed by atoms with van der Waals surface area (Å²) in [6, 6.07) is 11.5. The molecular formula is C17H16N4OS. The van der Waals surface area contributed by atoms with Crippen molar-refractivity contribution in [1.82, 2.24) is 14.8 Å². The first kappa shape index (κ1) is 15.2. The minimum absolute atomic E-state index is 0.215. The van der Waals surface area contributed by atoms with Gasteiger partial charge in [-0.05, 0) is 32.1 Å². The Morgan fingerprint density at radius 2 is 2.04 bits per heavy atom. The number of benzene rings is 1. The normalized spacial score (nSPS) is 11.0. The van der Waals surface area contributed by atoms with Gasteiger partial charge in [-0.25, -0.2) is 9.67 Å². The van der Waals surface area contributed by atoms with Gasteiger partial charge in [-0.15, -0.1) is 11.3 Å². The monoisotopic (exact) mass is 324 g/mol. The fourth-order valence-electron chi connectivity index (χ4n) is 2.14. The van der Waals surface area contributed by atoms with Crippen LogP contribution in [0.4, 0.5) is 5.82 Å². The summed E-state index contributed by atoms with van der Waals surface area (Å²) in [6.45, 7) is 3.83. The molecule has 0 spiro atoms. The average Bonchev–Trinajstić information content (AvgIpc) is 3.12. The van der Waals surface area contributed by atoms with Gasteiger partial charge >= 0.3 is 0 Å². The average molecular weight is 324 g/mol. The molecular weight excluding hydrogens is 308 g/mol. The molecule has 0 aliphatic carbocycles. The Balaban J connectivity index is 1.78. The van der Waals surface area contributed by atoms with Crippen molar-refractivity contribution < 1.29 is 4.79 Å². The summed E-state index contributed by atoms with van der Waals surface area (Å²) in [6.07, 6.45) is 3.18. The third-order valence-corrected chi connectivity index (χ3v) is 3.92. The molecule has 23 heavy (non-hydrogen) atoms. The lowest BCUT2D eigenvalue weighted by Gasteiger charge is -2.07. The molecule has 6 heteroatoms. The minimum atomic E-state index is -0.215. The van der Waals surface area contributed by atoms with Crippen LogP contribution < -0.4 is 5.32 Å². The summed E-state index contributed by atoms with van der Waals surface area (Å²) in [7, 11) is 0. The summed E-state index contributed by atoms with van der Waals surface area (Å²) >= 11 is 1.55. The smallest absolute Gasteiger partial charge is 0.249 e. The molecule has 2 heterocycles. The number of aromatic nitrogens is 3. The summed E-state index contributed by atoms with van der Waals surface area (Å²) in [4.78, 5) is 16.4. The van der Waals surface area contributed by atoms with E-state index in [1.54, 1.807) is 22.1 Å². The highest BCUT2D eigenvalue weighted by Crippen LogP contribution is 2.17.